The van der Waals surface area contributed by atoms with Crippen molar-refractivity contribution in [2.24, 2.45) is 0 Å². The molecule has 0 bridgehead atoms. The Kier molecular flexibility index (Phi) is 7.27. The Morgan fingerprint density at radius 2 is 2.00 bits per heavy atom. The van der Waals surface area contributed by atoms with Crippen molar-refractivity contribution >= 4 is 34.7 Å². The number of benzene rings is 2. The normalized spacial score (nSPS) is 13.9. The monoisotopic (exact) mass is 460 g/mol. The van der Waals surface area contributed by atoms with Gasteiger partial charge in [-0.1, -0.05) is 18.2 Å². The van der Waals surface area contributed by atoms with Gasteiger partial charge in [-0.05, 0) is 49.2 Å². The maximum absolute atomic E-state index is 13.0. The van der Waals surface area contributed by atoms with Crippen LogP contribution in [0.3, 0.4) is 0 Å². The first kappa shape index (κ1) is 23.1. The van der Waals surface area contributed by atoms with Gasteiger partial charge in [0.15, 0.2) is 0 Å². The van der Waals surface area contributed by atoms with E-state index in [1.54, 1.807) is 43.6 Å². The van der Waals surface area contributed by atoms with Crippen LogP contribution < -0.4 is 15.4 Å². The van der Waals surface area contributed by atoms with Crippen molar-refractivity contribution in [3.8, 4) is 5.75 Å². The van der Waals surface area contributed by atoms with Gasteiger partial charge >= 0.3 is 0 Å². The molecule has 0 unspecified atom stereocenters. The van der Waals surface area contributed by atoms with E-state index in [0.717, 1.165) is 29.4 Å². The molecule has 3 N–H and O–H groups in total. The van der Waals surface area contributed by atoms with Crippen molar-refractivity contribution in [3.05, 3.63) is 71.6 Å². The van der Waals surface area contributed by atoms with Gasteiger partial charge in [0.05, 0.1) is 7.11 Å². The van der Waals surface area contributed by atoms with Gasteiger partial charge in [0.2, 0.25) is 5.91 Å². The van der Waals surface area contributed by atoms with Crippen LogP contribution in [0.4, 0.5) is 0 Å². The topological polar surface area (TPSA) is 104 Å². The average molecular weight is 461 g/mol. The third-order valence-corrected chi connectivity index (χ3v) is 5.81. The Morgan fingerprint density at radius 1 is 1.18 bits per heavy atom. The predicted octanol–water partition coefficient (Wildman–Crippen LogP) is 3.08. The first-order chi connectivity index (χ1) is 16.5. The third kappa shape index (κ3) is 5.46. The zero-order chi connectivity index (χ0) is 23.9. The minimum Gasteiger partial charge on any atom is -0.497 e. The number of hydrogen-bond acceptors (Lipinski definition) is 4. The van der Waals surface area contributed by atoms with Crippen LogP contribution in [-0.2, 0) is 9.59 Å². The lowest BCUT2D eigenvalue weighted by atomic mass is 10.1. The van der Waals surface area contributed by atoms with Gasteiger partial charge in [-0.25, -0.2) is 0 Å². The van der Waals surface area contributed by atoms with Crippen LogP contribution in [0.2, 0.25) is 0 Å². The summed E-state index contributed by atoms with van der Waals surface area (Å²) in [5, 5.41) is 6.49. The second kappa shape index (κ2) is 10.7. The van der Waals surface area contributed by atoms with Crippen molar-refractivity contribution < 1.29 is 19.1 Å². The number of hydrogen-bond donors (Lipinski definition) is 3. The first-order valence-corrected chi connectivity index (χ1v) is 11.3. The van der Waals surface area contributed by atoms with Crippen LogP contribution >= 0.6 is 0 Å². The van der Waals surface area contributed by atoms with E-state index in [0.29, 0.717) is 37.2 Å². The number of aromatic amines is 1. The van der Waals surface area contributed by atoms with E-state index in [1.807, 2.05) is 29.2 Å². The number of carbonyl (C=O) groups excluding carboxylic acids is 3. The molecule has 3 amide bonds. The number of methoxy groups -OCH3 is 1. The van der Waals surface area contributed by atoms with Crippen molar-refractivity contribution in [2.45, 2.75) is 19.3 Å². The molecule has 0 atom stereocenters. The molecule has 2 aromatic carbocycles. The summed E-state index contributed by atoms with van der Waals surface area (Å²) in [5.41, 5.74) is 2.22. The minimum absolute atomic E-state index is 0.134. The van der Waals surface area contributed by atoms with E-state index in [-0.39, 0.29) is 17.5 Å². The molecule has 1 saturated heterocycles. The molecule has 1 aromatic heterocycles. The van der Waals surface area contributed by atoms with Crippen LogP contribution in [0.15, 0.2) is 60.4 Å². The van der Waals surface area contributed by atoms with E-state index in [2.05, 4.69) is 15.6 Å². The van der Waals surface area contributed by atoms with E-state index in [1.165, 1.54) is 0 Å². The highest BCUT2D eigenvalue weighted by Gasteiger charge is 2.20. The summed E-state index contributed by atoms with van der Waals surface area (Å²) in [6.45, 7) is 1.77. The maximum Gasteiger partial charge on any atom is 0.267 e. The highest BCUT2D eigenvalue weighted by molar-refractivity contribution is 6.06. The van der Waals surface area contributed by atoms with Crippen molar-refractivity contribution in [2.75, 3.05) is 26.7 Å². The van der Waals surface area contributed by atoms with Crippen molar-refractivity contribution in [3.63, 3.8) is 0 Å². The molecule has 1 fully saturated rings. The molecule has 0 spiro atoms. The molecule has 8 nitrogen and oxygen atoms in total. The SMILES string of the molecule is COc1ccc2[nH]cc(/C=C(/NC(=O)c3ccccc3)C(=O)NCCCN3CCCC3=O)c2c1. The number of nitrogens with one attached hydrogen (secondary N) is 3. The van der Waals surface area contributed by atoms with Gasteiger partial charge in [0.25, 0.3) is 11.8 Å². The minimum atomic E-state index is -0.394. The lowest BCUT2D eigenvalue weighted by Crippen LogP contribution is -2.36. The van der Waals surface area contributed by atoms with E-state index in [9.17, 15) is 14.4 Å². The zero-order valence-electron chi connectivity index (χ0n) is 19.1. The molecule has 3 aromatic rings. The summed E-state index contributed by atoms with van der Waals surface area (Å²) in [4.78, 5) is 42.6. The van der Waals surface area contributed by atoms with E-state index in [4.69, 9.17) is 4.74 Å². The van der Waals surface area contributed by atoms with Gasteiger partial charge in [0, 0.05) is 54.3 Å². The molecule has 1 aliphatic heterocycles. The number of likely N-dealkylation sites (tertiary alicyclic amines) is 1. The number of carbonyl (C=O) groups is 3. The third-order valence-electron chi connectivity index (χ3n) is 5.81. The quantitative estimate of drug-likeness (QED) is 0.337. The van der Waals surface area contributed by atoms with E-state index < -0.39 is 5.91 Å². The molecule has 0 aliphatic carbocycles. The molecule has 176 valence electrons. The summed E-state index contributed by atoms with van der Waals surface area (Å²) in [6, 6.07) is 14.4. The number of H-pyrrole nitrogens is 1. The molecule has 0 saturated carbocycles. The Morgan fingerprint density at radius 3 is 2.74 bits per heavy atom. The van der Waals surface area contributed by atoms with Crippen LogP contribution in [-0.4, -0.2) is 54.3 Å². The first-order valence-electron chi connectivity index (χ1n) is 11.3. The summed E-state index contributed by atoms with van der Waals surface area (Å²) < 4.78 is 5.33. The number of aromatic nitrogens is 1. The number of amides is 3. The number of ether oxygens (including phenoxy) is 1. The fourth-order valence-corrected chi connectivity index (χ4v) is 3.97. The number of nitrogens with zero attached hydrogens (tertiary/aromatic N) is 1. The fraction of sp³-hybridized carbons (Fsp3) is 0.269. The zero-order valence-corrected chi connectivity index (χ0v) is 19.1. The summed E-state index contributed by atoms with van der Waals surface area (Å²) in [7, 11) is 1.60. The summed E-state index contributed by atoms with van der Waals surface area (Å²) in [5.74, 6) is 0.0886. The molecule has 0 radical (unpaired) electrons. The van der Waals surface area contributed by atoms with Crippen LogP contribution in [0.5, 0.6) is 5.75 Å². The number of rotatable bonds is 9. The van der Waals surface area contributed by atoms with Gasteiger partial charge in [0.1, 0.15) is 11.4 Å². The lowest BCUT2D eigenvalue weighted by molar-refractivity contribution is -0.127. The van der Waals surface area contributed by atoms with Crippen LogP contribution in [0, 0.1) is 0 Å². The predicted molar refractivity (Wildman–Crippen MR) is 130 cm³/mol. The standard InChI is InChI=1S/C26H28N4O4/c1-34-20-10-11-22-21(16-20)19(17-28-22)15-23(29-25(32)18-7-3-2-4-8-18)26(33)27-12-6-14-30-13-5-9-24(30)31/h2-4,7-8,10-11,15-17,28H,5-6,9,12-14H2,1H3,(H,27,33)(H,29,32)/b23-15+. The molecule has 4 rings (SSSR count). The Hall–Kier alpha value is -4.07. The van der Waals surface area contributed by atoms with Gasteiger partial charge in [-0.15, -0.1) is 0 Å². The molecule has 34 heavy (non-hydrogen) atoms. The molecular weight excluding hydrogens is 432 g/mol. The highest BCUT2D eigenvalue weighted by Crippen LogP contribution is 2.25. The van der Waals surface area contributed by atoms with E-state index >= 15 is 0 Å². The second-order valence-electron chi connectivity index (χ2n) is 8.13. The van der Waals surface area contributed by atoms with Crippen molar-refractivity contribution in [1.29, 1.82) is 0 Å². The second-order valence-corrected chi connectivity index (χ2v) is 8.13. The molecule has 8 heteroatoms. The van der Waals surface area contributed by atoms with Crippen LogP contribution in [0.1, 0.15) is 35.2 Å². The summed E-state index contributed by atoms with van der Waals surface area (Å²) in [6.07, 6.45) is 5.56. The lowest BCUT2D eigenvalue weighted by Gasteiger charge is -2.16. The Balaban J connectivity index is 1.52. The number of fused-ring (bicyclic) bond motifs is 1. The molecular formula is C26H28N4O4. The molecule has 2 heterocycles. The largest absolute Gasteiger partial charge is 0.497 e. The summed E-state index contributed by atoms with van der Waals surface area (Å²) >= 11 is 0. The van der Waals surface area contributed by atoms with Crippen LogP contribution in [0.25, 0.3) is 17.0 Å². The Labute approximate surface area is 198 Å². The van der Waals surface area contributed by atoms with Gasteiger partial charge in [-0.3, -0.25) is 14.4 Å². The maximum atomic E-state index is 13.0. The molecule has 1 aliphatic rings. The van der Waals surface area contributed by atoms with Gasteiger partial charge < -0.3 is 25.3 Å². The smallest absolute Gasteiger partial charge is 0.267 e. The van der Waals surface area contributed by atoms with Crippen molar-refractivity contribution in [1.82, 2.24) is 20.5 Å². The van der Waals surface area contributed by atoms with Gasteiger partial charge in [-0.2, -0.15) is 0 Å². The highest BCUT2D eigenvalue weighted by atomic mass is 16.5. The Bertz CT molecular complexity index is 1220. The average Bonchev–Trinajstić information content (AvgIpc) is 3.46. The fourth-order valence-electron chi connectivity index (χ4n) is 3.97.